The molecule has 2 aromatic carbocycles. The van der Waals surface area contributed by atoms with Gasteiger partial charge in [0.2, 0.25) is 0 Å². The molecule has 0 fully saturated rings. The lowest BCUT2D eigenvalue weighted by Gasteiger charge is -2.11. The molecule has 0 aliphatic carbocycles. The van der Waals surface area contributed by atoms with Gasteiger partial charge >= 0.3 is 5.97 Å². The summed E-state index contributed by atoms with van der Waals surface area (Å²) in [6.07, 6.45) is 0. The number of aromatic nitrogens is 2. The summed E-state index contributed by atoms with van der Waals surface area (Å²) in [7, 11) is 0. The van der Waals surface area contributed by atoms with Crippen molar-refractivity contribution in [1.29, 1.82) is 0 Å². The number of carbonyl (C=O) groups excluding carboxylic acids is 2. The Balaban J connectivity index is 1.73. The number of halogens is 1. The van der Waals surface area contributed by atoms with Crippen LogP contribution in [0.3, 0.4) is 0 Å². The summed E-state index contributed by atoms with van der Waals surface area (Å²) in [5.74, 6) is -1.29. The largest absolute Gasteiger partial charge is 0.484 e. The second kappa shape index (κ2) is 10.1. The number of hydrogen-bond acceptors (Lipinski definition) is 7. The standard InChI is InChI=1S/C25H22FN3O5S/c1-4-33-25(32)22-19-13-35-23(27-20(30)12-34-18-9-6-16(26)7-10-18)21(19)24(31)29(28-22)17-8-5-14(2)15(3)11-17/h5-11,13H,4,12H2,1-3H3,(H,27,30). The van der Waals surface area contributed by atoms with Crippen LogP contribution in [0.4, 0.5) is 9.39 Å². The van der Waals surface area contributed by atoms with E-state index in [1.807, 2.05) is 19.9 Å². The van der Waals surface area contributed by atoms with Crippen LogP contribution in [0.15, 0.2) is 52.6 Å². The average molecular weight is 496 g/mol. The SMILES string of the molecule is CCOC(=O)c1nn(-c2ccc(C)c(C)c2)c(=O)c2c(NC(=O)COc3ccc(F)cc3)scc12. The fraction of sp³-hybridized carbons (Fsp3) is 0.200. The number of esters is 1. The Morgan fingerprint density at radius 1 is 1.11 bits per heavy atom. The Morgan fingerprint density at radius 3 is 2.54 bits per heavy atom. The first-order chi connectivity index (χ1) is 16.8. The van der Waals surface area contributed by atoms with Gasteiger partial charge in [0.1, 0.15) is 16.6 Å². The van der Waals surface area contributed by atoms with Crippen LogP contribution in [-0.2, 0) is 9.53 Å². The maximum atomic E-state index is 13.5. The van der Waals surface area contributed by atoms with Gasteiger partial charge in [-0.2, -0.15) is 9.78 Å². The van der Waals surface area contributed by atoms with Crippen LogP contribution in [0.2, 0.25) is 0 Å². The van der Waals surface area contributed by atoms with E-state index in [2.05, 4.69) is 10.4 Å². The molecule has 0 aliphatic rings. The number of rotatable bonds is 7. The van der Waals surface area contributed by atoms with Crippen LogP contribution in [0, 0.1) is 19.7 Å². The number of anilines is 1. The highest BCUT2D eigenvalue weighted by Gasteiger charge is 2.23. The Morgan fingerprint density at radius 2 is 1.86 bits per heavy atom. The van der Waals surface area contributed by atoms with Crippen molar-refractivity contribution in [3.05, 3.63) is 80.8 Å². The first-order valence-corrected chi connectivity index (χ1v) is 11.6. The van der Waals surface area contributed by atoms with E-state index >= 15 is 0 Å². The molecule has 10 heteroatoms. The molecular formula is C25H22FN3O5S. The summed E-state index contributed by atoms with van der Waals surface area (Å²) in [6, 6.07) is 10.6. The Hall–Kier alpha value is -4.05. The number of carbonyl (C=O) groups is 2. The predicted molar refractivity (Wildman–Crippen MR) is 131 cm³/mol. The van der Waals surface area contributed by atoms with E-state index in [-0.39, 0.29) is 34.7 Å². The maximum Gasteiger partial charge on any atom is 0.359 e. The quantitative estimate of drug-likeness (QED) is 0.382. The molecule has 1 N–H and O–H groups in total. The maximum absolute atomic E-state index is 13.5. The molecule has 180 valence electrons. The topological polar surface area (TPSA) is 99.5 Å². The fourth-order valence-corrected chi connectivity index (χ4v) is 4.32. The molecule has 0 atom stereocenters. The molecule has 4 rings (SSSR count). The first kappa shape index (κ1) is 24.1. The Labute approximate surface area is 203 Å². The van der Waals surface area contributed by atoms with Gasteiger partial charge in [-0.3, -0.25) is 9.59 Å². The fourth-order valence-electron chi connectivity index (χ4n) is 3.37. The van der Waals surface area contributed by atoms with Crippen LogP contribution >= 0.6 is 11.3 Å². The van der Waals surface area contributed by atoms with E-state index in [0.29, 0.717) is 11.4 Å². The summed E-state index contributed by atoms with van der Waals surface area (Å²) in [5, 5.41) is 9.23. The highest BCUT2D eigenvalue weighted by atomic mass is 32.1. The first-order valence-electron chi connectivity index (χ1n) is 10.8. The molecule has 0 aliphatic heterocycles. The van der Waals surface area contributed by atoms with E-state index in [1.54, 1.807) is 24.4 Å². The highest BCUT2D eigenvalue weighted by molar-refractivity contribution is 7.16. The molecule has 8 nitrogen and oxygen atoms in total. The zero-order valence-electron chi connectivity index (χ0n) is 19.3. The van der Waals surface area contributed by atoms with Gasteiger partial charge in [0.05, 0.1) is 17.7 Å². The molecule has 0 saturated heterocycles. The number of fused-ring (bicyclic) bond motifs is 1. The van der Waals surface area contributed by atoms with Crippen molar-refractivity contribution in [1.82, 2.24) is 9.78 Å². The minimum atomic E-state index is -0.676. The third kappa shape index (κ3) is 5.07. The van der Waals surface area contributed by atoms with Gasteiger partial charge in [-0.05, 0) is 68.3 Å². The van der Waals surface area contributed by atoms with Crippen LogP contribution in [0.5, 0.6) is 5.75 Å². The molecule has 35 heavy (non-hydrogen) atoms. The second-order valence-electron chi connectivity index (χ2n) is 7.70. The smallest absolute Gasteiger partial charge is 0.359 e. The molecule has 1 amide bonds. The van der Waals surface area contributed by atoms with Gasteiger partial charge in [-0.25, -0.2) is 9.18 Å². The molecule has 4 aromatic rings. The van der Waals surface area contributed by atoms with Gasteiger partial charge in [0.15, 0.2) is 12.3 Å². The van der Waals surface area contributed by atoms with Crippen molar-refractivity contribution < 1.29 is 23.5 Å². The molecular weight excluding hydrogens is 473 g/mol. The predicted octanol–water partition coefficient (Wildman–Crippen LogP) is 4.40. The lowest BCUT2D eigenvalue weighted by Crippen LogP contribution is -2.26. The van der Waals surface area contributed by atoms with Gasteiger partial charge < -0.3 is 14.8 Å². The number of benzene rings is 2. The zero-order valence-corrected chi connectivity index (χ0v) is 20.1. The van der Waals surface area contributed by atoms with Crippen molar-refractivity contribution in [2.75, 3.05) is 18.5 Å². The molecule has 0 bridgehead atoms. The van der Waals surface area contributed by atoms with Gasteiger partial charge in [-0.1, -0.05) is 6.07 Å². The summed E-state index contributed by atoms with van der Waals surface area (Å²) < 4.78 is 24.7. The van der Waals surface area contributed by atoms with E-state index in [4.69, 9.17) is 9.47 Å². The van der Waals surface area contributed by atoms with Crippen LogP contribution in [-0.4, -0.2) is 34.9 Å². The Kier molecular flexibility index (Phi) is 6.92. The zero-order chi connectivity index (χ0) is 25.1. The molecule has 2 heterocycles. The summed E-state index contributed by atoms with van der Waals surface area (Å²) in [5.41, 5.74) is 1.95. The number of nitrogens with one attached hydrogen (secondary N) is 1. The van der Waals surface area contributed by atoms with Crippen molar-refractivity contribution in [3.63, 3.8) is 0 Å². The van der Waals surface area contributed by atoms with Crippen LogP contribution in [0.1, 0.15) is 28.5 Å². The third-order valence-corrected chi connectivity index (χ3v) is 6.19. The third-order valence-electron chi connectivity index (χ3n) is 5.29. The number of thiophene rings is 1. The molecule has 0 saturated carbocycles. The molecule has 0 spiro atoms. The minimum absolute atomic E-state index is 0.0287. The number of ether oxygens (including phenoxy) is 2. The van der Waals surface area contributed by atoms with Crippen molar-refractivity contribution in [3.8, 4) is 11.4 Å². The van der Waals surface area contributed by atoms with Gasteiger partial charge in [0, 0.05) is 10.8 Å². The van der Waals surface area contributed by atoms with Crippen LogP contribution in [0.25, 0.3) is 16.5 Å². The number of hydrogen-bond donors (Lipinski definition) is 1. The normalized spacial score (nSPS) is 10.9. The molecule has 0 unspecified atom stereocenters. The Bertz CT molecular complexity index is 1480. The second-order valence-corrected chi connectivity index (χ2v) is 8.58. The van der Waals surface area contributed by atoms with Crippen molar-refractivity contribution in [2.45, 2.75) is 20.8 Å². The highest BCUT2D eigenvalue weighted by Crippen LogP contribution is 2.31. The van der Waals surface area contributed by atoms with Gasteiger partial charge in [-0.15, -0.1) is 11.3 Å². The monoisotopic (exact) mass is 495 g/mol. The summed E-state index contributed by atoms with van der Waals surface area (Å²) in [4.78, 5) is 38.7. The average Bonchev–Trinajstić information content (AvgIpc) is 3.25. The van der Waals surface area contributed by atoms with Gasteiger partial charge in [0.25, 0.3) is 11.5 Å². The number of aryl methyl sites for hydroxylation is 2. The molecule has 0 radical (unpaired) electrons. The van der Waals surface area contributed by atoms with Crippen molar-refractivity contribution in [2.24, 2.45) is 0 Å². The van der Waals surface area contributed by atoms with E-state index in [0.717, 1.165) is 27.1 Å². The lowest BCUT2D eigenvalue weighted by atomic mass is 10.1. The minimum Gasteiger partial charge on any atom is -0.484 e. The lowest BCUT2D eigenvalue weighted by molar-refractivity contribution is -0.118. The van der Waals surface area contributed by atoms with E-state index < -0.39 is 23.3 Å². The number of nitrogens with zero attached hydrogens (tertiary/aromatic N) is 2. The summed E-state index contributed by atoms with van der Waals surface area (Å²) in [6.45, 7) is 5.31. The van der Waals surface area contributed by atoms with Crippen LogP contribution < -0.4 is 15.6 Å². The van der Waals surface area contributed by atoms with Crippen molar-refractivity contribution >= 4 is 39.0 Å². The van der Waals surface area contributed by atoms with E-state index in [1.165, 1.54) is 24.3 Å². The molecule has 2 aromatic heterocycles. The summed E-state index contributed by atoms with van der Waals surface area (Å²) >= 11 is 1.09. The number of amides is 1. The van der Waals surface area contributed by atoms with E-state index in [9.17, 15) is 18.8 Å².